The smallest absolute Gasteiger partial charge is 0.137 e. The minimum Gasteiger partial charge on any atom is -0.378 e. The number of ether oxygens (including phenoxy) is 2. The maximum Gasteiger partial charge on any atom is 0.137 e. The van der Waals surface area contributed by atoms with Gasteiger partial charge in [0.15, 0.2) is 0 Å². The van der Waals surface area contributed by atoms with Gasteiger partial charge in [0.05, 0.1) is 19.3 Å². The highest BCUT2D eigenvalue weighted by Gasteiger charge is 2.17. The first-order valence-corrected chi connectivity index (χ1v) is 7.09. The molecule has 1 fully saturated rings. The lowest BCUT2D eigenvalue weighted by Crippen LogP contribution is -2.22. The highest BCUT2D eigenvalue weighted by molar-refractivity contribution is 5.78. The molecule has 0 spiro atoms. The van der Waals surface area contributed by atoms with Crippen molar-refractivity contribution in [3.63, 3.8) is 0 Å². The molecule has 1 aliphatic rings. The third kappa shape index (κ3) is 5.53. The molecule has 0 aromatic heterocycles. The molecule has 0 saturated carbocycles. The van der Waals surface area contributed by atoms with E-state index in [9.17, 15) is 4.79 Å². The summed E-state index contributed by atoms with van der Waals surface area (Å²) >= 11 is 0. The molecule has 104 valence electrons. The van der Waals surface area contributed by atoms with Crippen molar-refractivity contribution >= 4 is 5.78 Å². The summed E-state index contributed by atoms with van der Waals surface area (Å²) in [6, 6.07) is 10.0. The van der Waals surface area contributed by atoms with Crippen molar-refractivity contribution in [2.45, 2.75) is 44.8 Å². The first-order chi connectivity index (χ1) is 9.34. The van der Waals surface area contributed by atoms with E-state index >= 15 is 0 Å². The standard InChI is InChI=1S/C16H22O3/c17-15(12-16-8-4-5-10-19-16)9-11-18-13-14-6-2-1-3-7-14/h1-3,6-7,16H,4-5,8-13H2/t16-/m1/s1. The molecule has 1 aromatic carbocycles. The van der Waals surface area contributed by atoms with Crippen LogP contribution in [0.15, 0.2) is 30.3 Å². The highest BCUT2D eigenvalue weighted by atomic mass is 16.5. The Kier molecular flexibility index (Phi) is 6.05. The number of hydrogen-bond donors (Lipinski definition) is 0. The summed E-state index contributed by atoms with van der Waals surface area (Å²) < 4.78 is 11.1. The Hall–Kier alpha value is -1.19. The second-order valence-corrected chi connectivity index (χ2v) is 5.02. The Bertz CT molecular complexity index is 369. The summed E-state index contributed by atoms with van der Waals surface area (Å²) in [5.41, 5.74) is 1.14. The summed E-state index contributed by atoms with van der Waals surface area (Å²) in [5, 5.41) is 0. The van der Waals surface area contributed by atoms with E-state index in [-0.39, 0.29) is 11.9 Å². The molecular formula is C16H22O3. The van der Waals surface area contributed by atoms with Crippen LogP contribution in [0.3, 0.4) is 0 Å². The largest absolute Gasteiger partial charge is 0.378 e. The van der Waals surface area contributed by atoms with E-state index in [4.69, 9.17) is 9.47 Å². The maximum atomic E-state index is 11.8. The summed E-state index contributed by atoms with van der Waals surface area (Å²) in [6.45, 7) is 1.89. The number of carbonyl (C=O) groups excluding carboxylic acids is 1. The lowest BCUT2D eigenvalue weighted by atomic mass is 10.0. The Morgan fingerprint density at radius 2 is 2.11 bits per heavy atom. The summed E-state index contributed by atoms with van der Waals surface area (Å²) in [5.74, 6) is 0.250. The van der Waals surface area contributed by atoms with E-state index in [0.717, 1.165) is 25.0 Å². The van der Waals surface area contributed by atoms with Crippen molar-refractivity contribution in [3.05, 3.63) is 35.9 Å². The molecule has 19 heavy (non-hydrogen) atoms. The van der Waals surface area contributed by atoms with Crippen molar-refractivity contribution in [2.24, 2.45) is 0 Å². The van der Waals surface area contributed by atoms with Crippen LogP contribution in [0.4, 0.5) is 0 Å². The average molecular weight is 262 g/mol. The molecule has 3 heteroatoms. The number of ketones is 1. The molecule has 1 aliphatic heterocycles. The fraction of sp³-hybridized carbons (Fsp3) is 0.562. The van der Waals surface area contributed by atoms with Gasteiger partial charge in [-0.3, -0.25) is 4.79 Å². The lowest BCUT2D eigenvalue weighted by molar-refractivity contribution is -0.123. The monoisotopic (exact) mass is 262 g/mol. The minimum atomic E-state index is 0.148. The normalized spacial score (nSPS) is 19.3. The van der Waals surface area contributed by atoms with Gasteiger partial charge in [-0.05, 0) is 24.8 Å². The van der Waals surface area contributed by atoms with Crippen LogP contribution in [0.25, 0.3) is 0 Å². The molecule has 3 nitrogen and oxygen atoms in total. The van der Waals surface area contributed by atoms with Crippen molar-refractivity contribution in [1.82, 2.24) is 0 Å². The molecule has 1 atom stereocenters. The molecule has 1 heterocycles. The van der Waals surface area contributed by atoms with Gasteiger partial charge in [0, 0.05) is 19.4 Å². The van der Waals surface area contributed by atoms with E-state index < -0.39 is 0 Å². The molecule has 1 saturated heterocycles. The van der Waals surface area contributed by atoms with E-state index in [1.54, 1.807) is 0 Å². The third-order valence-corrected chi connectivity index (χ3v) is 3.37. The van der Waals surface area contributed by atoms with Crippen LogP contribution in [0.5, 0.6) is 0 Å². The minimum absolute atomic E-state index is 0.148. The van der Waals surface area contributed by atoms with Crippen LogP contribution < -0.4 is 0 Å². The highest BCUT2D eigenvalue weighted by Crippen LogP contribution is 2.16. The fourth-order valence-electron chi connectivity index (χ4n) is 2.27. The van der Waals surface area contributed by atoms with Crippen molar-refractivity contribution < 1.29 is 14.3 Å². The van der Waals surface area contributed by atoms with Crippen LogP contribution >= 0.6 is 0 Å². The summed E-state index contributed by atoms with van der Waals surface area (Å²) in [6.07, 6.45) is 4.53. The zero-order chi connectivity index (χ0) is 13.3. The maximum absolute atomic E-state index is 11.8. The van der Waals surface area contributed by atoms with Crippen LogP contribution in [-0.2, 0) is 20.9 Å². The molecule has 0 N–H and O–H groups in total. The average Bonchev–Trinajstić information content (AvgIpc) is 2.46. The van der Waals surface area contributed by atoms with Crippen molar-refractivity contribution in [2.75, 3.05) is 13.2 Å². The second kappa shape index (κ2) is 8.08. The number of hydrogen-bond acceptors (Lipinski definition) is 3. The molecule has 1 aromatic rings. The van der Waals surface area contributed by atoms with Gasteiger partial charge in [0.1, 0.15) is 5.78 Å². The molecule has 2 rings (SSSR count). The predicted octanol–water partition coefficient (Wildman–Crippen LogP) is 3.12. The topological polar surface area (TPSA) is 35.5 Å². The molecule has 0 unspecified atom stereocenters. The molecule has 0 radical (unpaired) electrons. The van der Waals surface area contributed by atoms with Gasteiger partial charge in [-0.15, -0.1) is 0 Å². The number of rotatable bonds is 7. The number of Topliss-reactive ketones (excluding diaryl/α,β-unsaturated/α-hetero) is 1. The zero-order valence-electron chi connectivity index (χ0n) is 11.3. The van der Waals surface area contributed by atoms with Gasteiger partial charge >= 0.3 is 0 Å². The third-order valence-electron chi connectivity index (χ3n) is 3.37. The predicted molar refractivity (Wildman–Crippen MR) is 73.9 cm³/mol. The fourth-order valence-corrected chi connectivity index (χ4v) is 2.27. The first kappa shape index (κ1) is 14.2. The van der Waals surface area contributed by atoms with Crippen LogP contribution in [0.1, 0.15) is 37.7 Å². The van der Waals surface area contributed by atoms with E-state index in [1.165, 1.54) is 6.42 Å². The van der Waals surface area contributed by atoms with Gasteiger partial charge in [-0.25, -0.2) is 0 Å². The summed E-state index contributed by atoms with van der Waals surface area (Å²) in [7, 11) is 0. The quantitative estimate of drug-likeness (QED) is 0.708. The zero-order valence-corrected chi connectivity index (χ0v) is 11.3. The molecule has 0 bridgehead atoms. The van der Waals surface area contributed by atoms with Crippen molar-refractivity contribution in [1.29, 1.82) is 0 Å². The molecule has 0 aliphatic carbocycles. The Morgan fingerprint density at radius 1 is 1.26 bits per heavy atom. The van der Waals surface area contributed by atoms with Crippen LogP contribution in [0.2, 0.25) is 0 Å². The van der Waals surface area contributed by atoms with Gasteiger partial charge in [0.2, 0.25) is 0 Å². The van der Waals surface area contributed by atoms with E-state index in [1.807, 2.05) is 30.3 Å². The SMILES string of the molecule is O=C(CCOCc1ccccc1)C[C@H]1CCCCO1. The van der Waals surface area contributed by atoms with Gasteiger partial charge in [-0.2, -0.15) is 0 Å². The Morgan fingerprint density at radius 3 is 2.84 bits per heavy atom. The van der Waals surface area contributed by atoms with Gasteiger partial charge < -0.3 is 9.47 Å². The van der Waals surface area contributed by atoms with E-state index in [0.29, 0.717) is 26.1 Å². The first-order valence-electron chi connectivity index (χ1n) is 7.09. The number of carbonyl (C=O) groups is 1. The van der Waals surface area contributed by atoms with Crippen LogP contribution in [-0.4, -0.2) is 25.1 Å². The lowest BCUT2D eigenvalue weighted by Gasteiger charge is -2.21. The van der Waals surface area contributed by atoms with Gasteiger partial charge in [0.25, 0.3) is 0 Å². The Labute approximate surface area is 114 Å². The van der Waals surface area contributed by atoms with Crippen molar-refractivity contribution in [3.8, 4) is 0 Å². The summed E-state index contributed by atoms with van der Waals surface area (Å²) in [4.78, 5) is 11.8. The van der Waals surface area contributed by atoms with E-state index in [2.05, 4.69) is 0 Å². The van der Waals surface area contributed by atoms with Gasteiger partial charge in [-0.1, -0.05) is 30.3 Å². The molecular weight excluding hydrogens is 240 g/mol. The molecule has 0 amide bonds. The second-order valence-electron chi connectivity index (χ2n) is 5.02. The number of benzene rings is 1. The Balaban J connectivity index is 1.56. The van der Waals surface area contributed by atoms with Crippen LogP contribution in [0, 0.1) is 0 Å².